The summed E-state index contributed by atoms with van der Waals surface area (Å²) < 4.78 is 0. The largest absolute Gasteiger partial charge is 0.481 e. The molecule has 0 unspecified atom stereocenters. The van der Waals surface area contributed by atoms with Crippen molar-refractivity contribution in [3.05, 3.63) is 11.1 Å². The molecular weight excluding hydrogens is 224 g/mol. The molecule has 1 saturated carbocycles. The molecule has 4 nitrogen and oxygen atoms in total. The molecule has 1 heterocycles. The van der Waals surface area contributed by atoms with E-state index in [1.807, 2.05) is 5.38 Å². The first kappa shape index (κ1) is 11.4. The quantitative estimate of drug-likeness (QED) is 0.848. The maximum absolute atomic E-state index is 11.1. The van der Waals surface area contributed by atoms with Gasteiger partial charge in [-0.25, -0.2) is 4.98 Å². The number of hydrogen-bond donors (Lipinski definition) is 2. The van der Waals surface area contributed by atoms with E-state index < -0.39 is 11.4 Å². The Bertz CT molecular complexity index is 421. The Labute approximate surface area is 98.7 Å². The second-order valence-corrected chi connectivity index (χ2v) is 6.01. The molecule has 0 aromatic carbocycles. The minimum atomic E-state index is -0.916. The first-order valence-electron chi connectivity index (χ1n) is 5.31. The van der Waals surface area contributed by atoms with E-state index in [2.05, 4.69) is 17.2 Å². The fourth-order valence-electron chi connectivity index (χ4n) is 1.30. The number of nitrogens with one attached hydrogen (secondary N) is 1. The van der Waals surface area contributed by atoms with Gasteiger partial charge >= 0.3 is 5.97 Å². The van der Waals surface area contributed by atoms with Gasteiger partial charge in [0.05, 0.1) is 5.69 Å². The highest BCUT2D eigenvalue weighted by molar-refractivity contribution is 7.13. The first-order chi connectivity index (χ1) is 7.33. The van der Waals surface area contributed by atoms with Gasteiger partial charge in [-0.3, -0.25) is 4.79 Å². The van der Waals surface area contributed by atoms with Crippen LogP contribution in [0.15, 0.2) is 5.38 Å². The molecule has 2 N–H and O–H groups in total. The number of hydrogen-bond acceptors (Lipinski definition) is 4. The summed E-state index contributed by atoms with van der Waals surface area (Å²) in [4.78, 5) is 15.4. The minimum absolute atomic E-state index is 0.183. The van der Waals surface area contributed by atoms with Crippen LogP contribution in [0.25, 0.3) is 0 Å². The molecule has 0 bridgehead atoms. The van der Waals surface area contributed by atoms with Crippen LogP contribution in [0.1, 0.15) is 39.3 Å². The highest BCUT2D eigenvalue weighted by Crippen LogP contribution is 2.39. The fourth-order valence-corrected chi connectivity index (χ4v) is 2.33. The Morgan fingerprint density at radius 2 is 2.25 bits per heavy atom. The van der Waals surface area contributed by atoms with Crippen LogP contribution in [0.5, 0.6) is 0 Å². The number of carboxylic acids is 1. The number of aromatic nitrogens is 1. The zero-order valence-electron chi connectivity index (χ0n) is 9.70. The van der Waals surface area contributed by atoms with Crippen LogP contribution >= 0.6 is 11.3 Å². The lowest BCUT2D eigenvalue weighted by atomic mass is 9.90. The molecular formula is C11H16N2O2S. The fraction of sp³-hybridized carbons (Fsp3) is 0.636. The molecule has 0 amide bonds. The van der Waals surface area contributed by atoms with E-state index in [0.717, 1.165) is 18.0 Å². The lowest BCUT2D eigenvalue weighted by molar-refractivity contribution is -0.142. The van der Waals surface area contributed by atoms with Crippen LogP contribution in [0.4, 0.5) is 5.13 Å². The summed E-state index contributed by atoms with van der Waals surface area (Å²) in [5.41, 5.74) is -0.111. The highest BCUT2D eigenvalue weighted by Gasteiger charge is 2.38. The number of aliphatic carboxylic acids is 1. The molecule has 0 atom stereocenters. The summed E-state index contributed by atoms with van der Waals surface area (Å²) in [6, 6.07) is 0. The zero-order valence-corrected chi connectivity index (χ0v) is 10.5. The van der Waals surface area contributed by atoms with E-state index in [1.54, 1.807) is 13.8 Å². The van der Waals surface area contributed by atoms with Gasteiger partial charge in [0, 0.05) is 10.9 Å². The third-order valence-corrected chi connectivity index (χ3v) is 3.85. The number of carbonyl (C=O) groups is 1. The smallest absolute Gasteiger partial charge is 0.315 e. The third-order valence-electron chi connectivity index (χ3n) is 3.09. The van der Waals surface area contributed by atoms with Crippen LogP contribution in [0.2, 0.25) is 0 Å². The topological polar surface area (TPSA) is 62.2 Å². The molecule has 88 valence electrons. The van der Waals surface area contributed by atoms with Crippen molar-refractivity contribution in [3.8, 4) is 0 Å². The molecule has 1 aliphatic carbocycles. The Kier molecular flexibility index (Phi) is 2.45. The van der Waals surface area contributed by atoms with Crippen molar-refractivity contribution in [1.82, 2.24) is 4.98 Å². The summed E-state index contributed by atoms with van der Waals surface area (Å²) >= 11 is 1.48. The van der Waals surface area contributed by atoms with E-state index in [0.29, 0.717) is 5.69 Å². The van der Waals surface area contributed by atoms with Gasteiger partial charge in [-0.2, -0.15) is 0 Å². The van der Waals surface area contributed by atoms with Crippen LogP contribution in [-0.2, 0) is 10.2 Å². The molecule has 0 radical (unpaired) electrons. The van der Waals surface area contributed by atoms with Crippen molar-refractivity contribution in [2.45, 2.75) is 44.6 Å². The van der Waals surface area contributed by atoms with Crippen molar-refractivity contribution in [2.75, 3.05) is 5.32 Å². The number of rotatable bonds is 4. The van der Waals surface area contributed by atoms with Crippen LogP contribution in [-0.4, -0.2) is 21.6 Å². The predicted octanol–water partition coefficient (Wildman–Crippen LogP) is 2.47. The van der Waals surface area contributed by atoms with E-state index in [9.17, 15) is 4.79 Å². The average molecular weight is 240 g/mol. The highest BCUT2D eigenvalue weighted by atomic mass is 32.1. The van der Waals surface area contributed by atoms with Crippen molar-refractivity contribution in [3.63, 3.8) is 0 Å². The summed E-state index contributed by atoms with van der Waals surface area (Å²) in [5, 5.41) is 15.1. The van der Waals surface area contributed by atoms with Crippen molar-refractivity contribution in [1.29, 1.82) is 0 Å². The van der Waals surface area contributed by atoms with E-state index >= 15 is 0 Å². The monoisotopic (exact) mass is 240 g/mol. The summed E-state index contributed by atoms with van der Waals surface area (Å²) in [7, 11) is 0. The van der Waals surface area contributed by atoms with E-state index in [1.165, 1.54) is 11.3 Å². The normalized spacial score (nSPS) is 18.2. The zero-order chi connectivity index (χ0) is 12.0. The van der Waals surface area contributed by atoms with Gasteiger partial charge in [0.1, 0.15) is 5.41 Å². The number of carboxylic acid groups (broad SMARTS) is 1. The maximum Gasteiger partial charge on any atom is 0.315 e. The second kappa shape index (κ2) is 3.45. The van der Waals surface area contributed by atoms with E-state index in [-0.39, 0.29) is 5.54 Å². The minimum Gasteiger partial charge on any atom is -0.481 e. The third kappa shape index (κ3) is 2.04. The van der Waals surface area contributed by atoms with Crippen LogP contribution < -0.4 is 5.32 Å². The summed E-state index contributed by atoms with van der Waals surface area (Å²) in [6.07, 6.45) is 2.31. The van der Waals surface area contributed by atoms with Crippen LogP contribution in [0.3, 0.4) is 0 Å². The predicted molar refractivity (Wildman–Crippen MR) is 64.0 cm³/mol. The molecule has 2 rings (SSSR count). The summed E-state index contributed by atoms with van der Waals surface area (Å²) in [6.45, 7) is 5.50. The molecule has 1 aromatic heterocycles. The van der Waals surface area contributed by atoms with Gasteiger partial charge in [0.25, 0.3) is 0 Å². The second-order valence-electron chi connectivity index (χ2n) is 5.15. The number of thiazole rings is 1. The SMILES string of the molecule is CC1(Nc2nc(C(C)(C)C(=O)O)cs2)CC1. The molecule has 0 aliphatic heterocycles. The van der Waals surface area contributed by atoms with Gasteiger partial charge in [0.15, 0.2) is 5.13 Å². The van der Waals surface area contributed by atoms with Crippen LogP contribution in [0, 0.1) is 0 Å². The van der Waals surface area contributed by atoms with Gasteiger partial charge in [-0.1, -0.05) is 0 Å². The molecule has 1 aromatic rings. The van der Waals surface area contributed by atoms with Gasteiger partial charge in [-0.15, -0.1) is 11.3 Å². The first-order valence-corrected chi connectivity index (χ1v) is 6.19. The van der Waals surface area contributed by atoms with Crippen molar-refractivity contribution < 1.29 is 9.90 Å². The maximum atomic E-state index is 11.1. The number of nitrogens with zero attached hydrogens (tertiary/aromatic N) is 1. The lowest BCUT2D eigenvalue weighted by Crippen LogP contribution is -2.29. The molecule has 1 fully saturated rings. The Balaban J connectivity index is 2.16. The van der Waals surface area contributed by atoms with Gasteiger partial charge < -0.3 is 10.4 Å². The molecule has 0 spiro atoms. The molecule has 5 heteroatoms. The van der Waals surface area contributed by atoms with E-state index in [4.69, 9.17) is 5.11 Å². The Morgan fingerprint density at radius 1 is 1.62 bits per heavy atom. The van der Waals surface area contributed by atoms with Gasteiger partial charge in [-0.05, 0) is 33.6 Å². The van der Waals surface area contributed by atoms with Gasteiger partial charge in [0.2, 0.25) is 0 Å². The standard InChI is InChI=1S/C11H16N2O2S/c1-10(2,8(14)15)7-6-16-9(12-7)13-11(3)4-5-11/h6H,4-5H2,1-3H3,(H,12,13)(H,14,15). The lowest BCUT2D eigenvalue weighted by Gasteiger charge is -2.16. The van der Waals surface area contributed by atoms with Crippen molar-refractivity contribution in [2.24, 2.45) is 0 Å². The Morgan fingerprint density at radius 3 is 2.75 bits per heavy atom. The Hall–Kier alpha value is -1.10. The average Bonchev–Trinajstić information content (AvgIpc) is 2.73. The molecule has 0 saturated heterocycles. The molecule has 1 aliphatic rings. The summed E-state index contributed by atoms with van der Waals surface area (Å²) in [5.74, 6) is -0.845. The molecule has 16 heavy (non-hydrogen) atoms. The number of anilines is 1. The van der Waals surface area contributed by atoms with Crippen molar-refractivity contribution >= 4 is 22.4 Å².